The third-order valence-corrected chi connectivity index (χ3v) is 15.0. The number of nitrogens with zero attached hydrogens (tertiary/aromatic N) is 3. The minimum absolute atomic E-state index is 0.00118. The molecule has 3 aromatic carbocycles. The van der Waals surface area contributed by atoms with Crippen LogP contribution in [0.1, 0.15) is 94.2 Å². The normalized spacial score (nSPS) is 17.4. The molecule has 5 N–H and O–H groups in total. The summed E-state index contributed by atoms with van der Waals surface area (Å²) in [6.45, 7) is 7.75. The largest absolute Gasteiger partial charge is 0.524 e. The van der Waals surface area contributed by atoms with Crippen molar-refractivity contribution in [1.29, 1.82) is 0 Å². The van der Waals surface area contributed by atoms with Crippen LogP contribution in [-0.4, -0.2) is 99.5 Å². The summed E-state index contributed by atoms with van der Waals surface area (Å²) in [5.74, 6) is -3.08. The molecule has 0 aliphatic carbocycles. The number of anilines is 3. The maximum absolute atomic E-state index is 14.1. The maximum Gasteiger partial charge on any atom is 0.524 e. The number of hydrogen-bond acceptors (Lipinski definition) is 10. The molecule has 3 aliphatic rings. The summed E-state index contributed by atoms with van der Waals surface area (Å²) in [6.07, 6.45) is 4.38. The lowest BCUT2D eigenvalue weighted by Crippen LogP contribution is -2.53. The number of nitrogens with one attached hydrogen (secondary N) is 3. The van der Waals surface area contributed by atoms with E-state index in [0.29, 0.717) is 46.4 Å². The second-order valence-corrected chi connectivity index (χ2v) is 20.6. The first-order chi connectivity index (χ1) is 32.8. The smallest absolute Gasteiger partial charge is 0.403 e. The quantitative estimate of drug-likeness (QED) is 0.0259. The van der Waals surface area contributed by atoms with Crippen LogP contribution in [0.4, 0.5) is 17.1 Å². The molecule has 0 saturated heterocycles. The molecule has 0 saturated carbocycles. The molecule has 0 spiro atoms. The Hall–Kier alpha value is -5.36. The van der Waals surface area contributed by atoms with E-state index in [1.807, 2.05) is 36.6 Å². The van der Waals surface area contributed by atoms with Gasteiger partial charge in [-0.3, -0.25) is 48.2 Å². The van der Waals surface area contributed by atoms with Crippen LogP contribution in [-0.2, 0) is 38.1 Å². The molecule has 4 aromatic rings. The Balaban J connectivity index is 0.992. The molecular formula is C48H55Cl2N6O11PS. The van der Waals surface area contributed by atoms with Crippen molar-refractivity contribution in [2.45, 2.75) is 96.6 Å². The van der Waals surface area contributed by atoms with Crippen molar-refractivity contribution in [3.8, 4) is 5.75 Å². The summed E-state index contributed by atoms with van der Waals surface area (Å²) < 4.78 is 17.6. The molecule has 0 unspecified atom stereocenters. The number of alkyl halides is 2. The van der Waals surface area contributed by atoms with Gasteiger partial charge in [-0.15, -0.1) is 34.5 Å². The van der Waals surface area contributed by atoms with E-state index in [-0.39, 0.29) is 110 Å². The van der Waals surface area contributed by atoms with Crippen molar-refractivity contribution in [3.05, 3.63) is 70.6 Å². The second kappa shape index (κ2) is 21.7. The zero-order chi connectivity index (χ0) is 49.9. The molecule has 1 aromatic heterocycles. The molecule has 69 heavy (non-hydrogen) atoms. The van der Waals surface area contributed by atoms with Gasteiger partial charge in [-0.2, -0.15) is 0 Å². The van der Waals surface area contributed by atoms with E-state index in [2.05, 4.69) is 16.0 Å². The van der Waals surface area contributed by atoms with Crippen molar-refractivity contribution in [1.82, 2.24) is 15.5 Å². The summed E-state index contributed by atoms with van der Waals surface area (Å²) in [7, 11) is -4.93. The number of phosphoric ester groups is 1. The van der Waals surface area contributed by atoms with Gasteiger partial charge in [0.15, 0.2) is 5.75 Å². The minimum Gasteiger partial charge on any atom is -0.403 e. The van der Waals surface area contributed by atoms with Crippen LogP contribution in [0.5, 0.6) is 5.75 Å². The number of fused-ring (bicyclic) bond motifs is 6. The predicted octanol–water partition coefficient (Wildman–Crippen LogP) is 7.11. The van der Waals surface area contributed by atoms with Crippen LogP contribution in [0, 0.1) is 12.8 Å². The van der Waals surface area contributed by atoms with Gasteiger partial charge in [0.25, 0.3) is 11.8 Å². The minimum atomic E-state index is -4.93. The van der Waals surface area contributed by atoms with Gasteiger partial charge in [0.1, 0.15) is 12.1 Å². The molecule has 17 nitrogen and oxygen atoms in total. The summed E-state index contributed by atoms with van der Waals surface area (Å²) in [5, 5.41) is 12.6. The molecule has 4 atom stereocenters. The van der Waals surface area contributed by atoms with Gasteiger partial charge in [-0.05, 0) is 72.6 Å². The van der Waals surface area contributed by atoms with Crippen molar-refractivity contribution >= 4 is 122 Å². The standard InChI is InChI=1S/C48H55Cl2N6O11PS/c1-26(2)45(53-37(57)13-6-5-9-18-54-40(60)16-17-41(54)61)48(63)51-28(4)47(62)52-33-19-34-43(32-12-8-7-11-31(32)33)29(21-49)23-55(34)38(58)14-10-15-39(59)56-24-30(22-50)44-35(56)20-36(67-68(64,65)66)46-42(44)27(3)25-69-46/h7-8,11-12,16-17,19-20,25-26,28-30,45H,5-6,9-10,13-15,18,21-24H2,1-4H3,(H,51,63)(H,52,62)(H,53,57)(H2,64,65,66)/t28-,29+,30+,45-/m0/s1. The van der Waals surface area contributed by atoms with Gasteiger partial charge in [0.2, 0.25) is 29.5 Å². The van der Waals surface area contributed by atoms with Crippen LogP contribution in [0.3, 0.4) is 0 Å². The van der Waals surface area contributed by atoms with Crippen LogP contribution < -0.4 is 30.3 Å². The molecule has 368 valence electrons. The van der Waals surface area contributed by atoms with Gasteiger partial charge in [0.05, 0.1) is 16.1 Å². The van der Waals surface area contributed by atoms with E-state index in [1.54, 1.807) is 29.7 Å². The SMILES string of the molecule is Cc1csc2c(OP(=O)(O)O)cc3c(c12)[C@H](CCl)CN3C(=O)CCCC(=O)N1C[C@@H](CCl)c2c1cc(NC(=O)[C@H](C)NC(=O)[C@@H](NC(=O)CCCCCN1C(=O)C=CC1=O)C(C)C)c1ccccc21. The fourth-order valence-corrected chi connectivity index (χ4v) is 11.3. The first kappa shape index (κ1) is 51.5. The molecule has 0 radical (unpaired) electrons. The van der Waals surface area contributed by atoms with Crippen molar-refractivity contribution < 1.29 is 52.4 Å². The molecule has 0 fully saturated rings. The highest BCUT2D eigenvalue weighted by molar-refractivity contribution is 7.46. The number of hydrogen-bond donors (Lipinski definition) is 5. The number of imide groups is 1. The Labute approximate surface area is 413 Å². The van der Waals surface area contributed by atoms with Crippen molar-refractivity contribution in [2.24, 2.45) is 5.92 Å². The van der Waals surface area contributed by atoms with Crippen LogP contribution in [0.2, 0.25) is 0 Å². The summed E-state index contributed by atoms with van der Waals surface area (Å²) in [5.41, 5.74) is 3.94. The highest BCUT2D eigenvalue weighted by atomic mass is 35.5. The molecule has 7 rings (SSSR count). The summed E-state index contributed by atoms with van der Waals surface area (Å²) in [4.78, 5) is 115. The van der Waals surface area contributed by atoms with Gasteiger partial charge >= 0.3 is 7.82 Å². The lowest BCUT2D eigenvalue weighted by Gasteiger charge is -2.24. The number of unbranched alkanes of at least 4 members (excludes halogenated alkanes) is 2. The van der Waals surface area contributed by atoms with Gasteiger partial charge < -0.3 is 30.3 Å². The van der Waals surface area contributed by atoms with E-state index < -0.39 is 31.7 Å². The maximum atomic E-state index is 14.1. The van der Waals surface area contributed by atoms with Gasteiger partial charge in [-0.25, -0.2) is 4.57 Å². The first-order valence-corrected chi connectivity index (χ1v) is 26.3. The summed E-state index contributed by atoms with van der Waals surface area (Å²) in [6, 6.07) is 8.67. The Bertz CT molecular complexity index is 2780. The number of carbonyl (C=O) groups is 7. The topological polar surface area (TPSA) is 232 Å². The van der Waals surface area contributed by atoms with E-state index in [4.69, 9.17) is 27.7 Å². The number of halogens is 2. The molecule has 0 bridgehead atoms. The molecular weight excluding hydrogens is 971 g/mol. The lowest BCUT2D eigenvalue weighted by molar-refractivity contribution is -0.137. The third-order valence-electron chi connectivity index (χ3n) is 12.7. The van der Waals surface area contributed by atoms with E-state index in [9.17, 15) is 47.9 Å². The van der Waals surface area contributed by atoms with Crippen molar-refractivity contribution in [3.63, 3.8) is 0 Å². The Morgan fingerprint density at radius 2 is 1.42 bits per heavy atom. The Morgan fingerprint density at radius 1 is 0.812 bits per heavy atom. The van der Waals surface area contributed by atoms with Crippen molar-refractivity contribution in [2.75, 3.05) is 46.5 Å². The number of rotatable bonds is 20. The highest BCUT2D eigenvalue weighted by Gasteiger charge is 2.38. The predicted molar refractivity (Wildman–Crippen MR) is 266 cm³/mol. The number of carbonyl (C=O) groups excluding carboxylic acids is 7. The zero-order valence-electron chi connectivity index (χ0n) is 38.6. The van der Waals surface area contributed by atoms with Crippen LogP contribution in [0.25, 0.3) is 20.9 Å². The van der Waals surface area contributed by atoms with E-state index in [0.717, 1.165) is 32.4 Å². The van der Waals surface area contributed by atoms with E-state index in [1.165, 1.54) is 36.5 Å². The summed E-state index contributed by atoms with van der Waals surface area (Å²) >= 11 is 14.2. The molecule has 4 heterocycles. The zero-order valence-corrected chi connectivity index (χ0v) is 41.8. The highest BCUT2D eigenvalue weighted by Crippen LogP contribution is 2.52. The monoisotopic (exact) mass is 1020 g/mol. The Morgan fingerprint density at radius 3 is 2.03 bits per heavy atom. The first-order valence-electron chi connectivity index (χ1n) is 22.8. The van der Waals surface area contributed by atoms with Gasteiger partial charge in [0, 0.05) is 97.2 Å². The van der Waals surface area contributed by atoms with Crippen LogP contribution in [0.15, 0.2) is 53.9 Å². The fourth-order valence-electron chi connectivity index (χ4n) is 9.31. The number of phosphoric acid groups is 1. The average molecular weight is 1030 g/mol. The van der Waals surface area contributed by atoms with E-state index >= 15 is 0 Å². The Kier molecular flexibility index (Phi) is 16.2. The second-order valence-electron chi connectivity index (χ2n) is 18.0. The number of thiophene rings is 1. The molecule has 3 aliphatic heterocycles. The number of benzene rings is 3. The van der Waals surface area contributed by atoms with Crippen LogP contribution >= 0.6 is 42.4 Å². The molecule has 7 amide bonds. The van der Waals surface area contributed by atoms with Gasteiger partial charge in [-0.1, -0.05) is 44.5 Å². The number of aryl methyl sites for hydroxylation is 1. The third kappa shape index (κ3) is 11.3. The fraction of sp³-hybridized carbons (Fsp3) is 0.438. The lowest BCUT2D eigenvalue weighted by atomic mass is 9.95. The average Bonchev–Trinajstić information content (AvgIpc) is 4.07. The molecule has 21 heteroatoms. The number of amides is 7.